The number of carboxylic acids is 1. The van der Waals surface area contributed by atoms with E-state index < -0.39 is 22.0 Å². The summed E-state index contributed by atoms with van der Waals surface area (Å²) in [4.78, 5) is 11.2. The zero-order chi connectivity index (χ0) is 17.9. The van der Waals surface area contributed by atoms with Gasteiger partial charge in [0.15, 0.2) is 0 Å². The second kappa shape index (κ2) is 7.37. The number of rotatable bonds is 6. The first-order valence-electron chi connectivity index (χ1n) is 8.27. The van der Waals surface area contributed by atoms with Gasteiger partial charge in [-0.05, 0) is 18.4 Å². The molecule has 1 atom stereocenters. The number of benzene rings is 1. The highest BCUT2D eigenvalue weighted by Gasteiger charge is 2.35. The molecule has 0 aliphatic carbocycles. The van der Waals surface area contributed by atoms with Gasteiger partial charge in [-0.2, -0.15) is 9.40 Å². The topological polar surface area (TPSA) is 92.5 Å². The summed E-state index contributed by atoms with van der Waals surface area (Å²) < 4.78 is 28.8. The summed E-state index contributed by atoms with van der Waals surface area (Å²) in [6.45, 7) is 0.832. The van der Waals surface area contributed by atoms with Crippen LogP contribution in [0.4, 0.5) is 0 Å². The number of hydrogen-bond donors (Lipinski definition) is 1. The van der Waals surface area contributed by atoms with E-state index >= 15 is 0 Å². The average Bonchev–Trinajstić information content (AvgIpc) is 3.05. The Kier molecular flexibility index (Phi) is 5.19. The molecule has 0 spiro atoms. The minimum absolute atomic E-state index is 0.112. The first kappa shape index (κ1) is 17.6. The van der Waals surface area contributed by atoms with Gasteiger partial charge in [-0.25, -0.2) is 8.42 Å². The standard InChI is InChI=1S/C17H21N3O4S/c21-17(22)10-15-8-4-5-9-20(15)25(23,24)16-11-18-19(13-16)12-14-6-2-1-3-7-14/h1-3,6-7,11,13,15H,4-5,8-10,12H2,(H,21,22). The summed E-state index contributed by atoms with van der Waals surface area (Å²) in [5, 5.41) is 13.2. The number of carbonyl (C=O) groups is 1. The number of hydrogen-bond acceptors (Lipinski definition) is 4. The van der Waals surface area contributed by atoms with Gasteiger partial charge in [0.1, 0.15) is 4.90 Å². The number of nitrogens with zero attached hydrogens (tertiary/aromatic N) is 3. The number of sulfonamides is 1. The first-order chi connectivity index (χ1) is 12.0. The molecule has 1 aliphatic rings. The summed E-state index contributed by atoms with van der Waals surface area (Å²) in [6, 6.07) is 9.16. The minimum atomic E-state index is -3.74. The summed E-state index contributed by atoms with van der Waals surface area (Å²) >= 11 is 0. The predicted molar refractivity (Wildman–Crippen MR) is 91.6 cm³/mol. The van der Waals surface area contributed by atoms with Crippen LogP contribution >= 0.6 is 0 Å². The van der Waals surface area contributed by atoms with Crippen molar-refractivity contribution in [2.24, 2.45) is 0 Å². The fraction of sp³-hybridized carbons (Fsp3) is 0.412. The van der Waals surface area contributed by atoms with E-state index in [0.29, 0.717) is 19.5 Å². The van der Waals surface area contributed by atoms with Crippen LogP contribution in [0.1, 0.15) is 31.2 Å². The summed E-state index contributed by atoms with van der Waals surface area (Å²) in [7, 11) is -3.74. The van der Waals surface area contributed by atoms with E-state index in [1.807, 2.05) is 30.3 Å². The Morgan fingerprint density at radius 1 is 1.24 bits per heavy atom. The highest BCUT2D eigenvalue weighted by Crippen LogP contribution is 2.27. The van der Waals surface area contributed by atoms with Crippen LogP contribution in [-0.4, -0.2) is 46.2 Å². The Labute approximate surface area is 146 Å². The van der Waals surface area contributed by atoms with Gasteiger partial charge in [-0.3, -0.25) is 9.48 Å². The molecule has 8 heteroatoms. The molecule has 2 heterocycles. The molecule has 1 fully saturated rings. The molecule has 0 radical (unpaired) electrons. The largest absolute Gasteiger partial charge is 0.481 e. The second-order valence-electron chi connectivity index (χ2n) is 6.22. The van der Waals surface area contributed by atoms with E-state index in [1.54, 1.807) is 4.68 Å². The molecule has 3 rings (SSSR count). The lowest BCUT2D eigenvalue weighted by molar-refractivity contribution is -0.138. The molecule has 0 bridgehead atoms. The van der Waals surface area contributed by atoms with Crippen LogP contribution in [0.5, 0.6) is 0 Å². The van der Waals surface area contributed by atoms with Crippen molar-refractivity contribution in [2.75, 3.05) is 6.54 Å². The maximum Gasteiger partial charge on any atom is 0.304 e. The third-order valence-electron chi connectivity index (χ3n) is 4.39. The predicted octanol–water partition coefficient (Wildman–Crippen LogP) is 1.95. The molecule has 1 aromatic heterocycles. The molecule has 1 aliphatic heterocycles. The zero-order valence-electron chi connectivity index (χ0n) is 13.8. The van der Waals surface area contributed by atoms with Gasteiger partial charge in [0, 0.05) is 18.8 Å². The molecule has 0 amide bonds. The molecule has 7 nitrogen and oxygen atoms in total. The maximum atomic E-state index is 12.9. The monoisotopic (exact) mass is 363 g/mol. The molecule has 1 saturated heterocycles. The zero-order valence-corrected chi connectivity index (χ0v) is 14.6. The van der Waals surface area contributed by atoms with Crippen LogP contribution < -0.4 is 0 Å². The smallest absolute Gasteiger partial charge is 0.304 e. The fourth-order valence-corrected chi connectivity index (χ4v) is 4.81. The summed E-state index contributed by atoms with van der Waals surface area (Å²) in [6.07, 6.45) is 4.84. The van der Waals surface area contributed by atoms with E-state index in [4.69, 9.17) is 5.11 Å². The molecule has 2 aromatic rings. The molecule has 0 saturated carbocycles. The molecule has 134 valence electrons. The third kappa shape index (κ3) is 4.08. The molecule has 1 N–H and O–H groups in total. The van der Waals surface area contributed by atoms with Crippen LogP contribution in [0.2, 0.25) is 0 Å². The van der Waals surface area contributed by atoms with Crippen molar-refractivity contribution in [1.29, 1.82) is 0 Å². The lowest BCUT2D eigenvalue weighted by Gasteiger charge is -2.33. The Morgan fingerprint density at radius 2 is 2.00 bits per heavy atom. The van der Waals surface area contributed by atoms with Gasteiger partial charge in [0.2, 0.25) is 10.0 Å². The number of carboxylic acid groups (broad SMARTS) is 1. The van der Waals surface area contributed by atoms with Crippen LogP contribution in [-0.2, 0) is 21.4 Å². The van der Waals surface area contributed by atoms with Gasteiger partial charge >= 0.3 is 5.97 Å². The molecular weight excluding hydrogens is 342 g/mol. The van der Waals surface area contributed by atoms with E-state index in [2.05, 4.69) is 5.10 Å². The van der Waals surface area contributed by atoms with Crippen LogP contribution in [0.15, 0.2) is 47.6 Å². The van der Waals surface area contributed by atoms with E-state index in [1.165, 1.54) is 16.7 Å². The molecular formula is C17H21N3O4S. The van der Waals surface area contributed by atoms with Crippen molar-refractivity contribution < 1.29 is 18.3 Å². The molecule has 25 heavy (non-hydrogen) atoms. The van der Waals surface area contributed by atoms with Crippen LogP contribution in [0.3, 0.4) is 0 Å². The second-order valence-corrected chi connectivity index (χ2v) is 8.11. The maximum absolute atomic E-state index is 12.9. The van der Waals surface area contributed by atoms with E-state index in [-0.39, 0.29) is 11.3 Å². The minimum Gasteiger partial charge on any atom is -0.481 e. The third-order valence-corrected chi connectivity index (χ3v) is 6.29. The first-order valence-corrected chi connectivity index (χ1v) is 9.71. The number of piperidine rings is 1. The SMILES string of the molecule is O=C(O)CC1CCCCN1S(=O)(=O)c1cnn(Cc2ccccc2)c1. The Hall–Kier alpha value is -2.19. The molecule has 1 unspecified atom stereocenters. The Balaban J connectivity index is 1.80. The van der Waals surface area contributed by atoms with Gasteiger partial charge in [-0.1, -0.05) is 36.8 Å². The van der Waals surface area contributed by atoms with E-state index in [9.17, 15) is 13.2 Å². The normalized spacial score (nSPS) is 19.0. The average molecular weight is 363 g/mol. The van der Waals surface area contributed by atoms with E-state index in [0.717, 1.165) is 18.4 Å². The lowest BCUT2D eigenvalue weighted by Crippen LogP contribution is -2.44. The van der Waals surface area contributed by atoms with Gasteiger partial charge in [0.25, 0.3) is 0 Å². The fourth-order valence-electron chi connectivity index (χ4n) is 3.17. The van der Waals surface area contributed by atoms with Gasteiger partial charge < -0.3 is 5.11 Å². The van der Waals surface area contributed by atoms with Crippen molar-refractivity contribution in [2.45, 2.75) is 43.2 Å². The summed E-state index contributed by atoms with van der Waals surface area (Å²) in [5.74, 6) is -0.980. The summed E-state index contributed by atoms with van der Waals surface area (Å²) in [5.41, 5.74) is 1.02. The van der Waals surface area contributed by atoms with Crippen molar-refractivity contribution in [3.05, 3.63) is 48.3 Å². The van der Waals surface area contributed by atoms with Crippen molar-refractivity contribution >= 4 is 16.0 Å². The van der Waals surface area contributed by atoms with Crippen molar-refractivity contribution in [1.82, 2.24) is 14.1 Å². The lowest BCUT2D eigenvalue weighted by atomic mass is 10.0. The Bertz CT molecular complexity index is 833. The Morgan fingerprint density at radius 3 is 2.72 bits per heavy atom. The van der Waals surface area contributed by atoms with Gasteiger partial charge in [0.05, 0.1) is 19.2 Å². The van der Waals surface area contributed by atoms with Crippen LogP contribution in [0, 0.1) is 0 Å². The highest BCUT2D eigenvalue weighted by molar-refractivity contribution is 7.89. The number of aromatic nitrogens is 2. The van der Waals surface area contributed by atoms with Crippen molar-refractivity contribution in [3.8, 4) is 0 Å². The molecule has 1 aromatic carbocycles. The number of aliphatic carboxylic acids is 1. The van der Waals surface area contributed by atoms with Crippen molar-refractivity contribution in [3.63, 3.8) is 0 Å². The highest BCUT2D eigenvalue weighted by atomic mass is 32.2. The van der Waals surface area contributed by atoms with Crippen LogP contribution in [0.25, 0.3) is 0 Å². The van der Waals surface area contributed by atoms with Gasteiger partial charge in [-0.15, -0.1) is 0 Å². The quantitative estimate of drug-likeness (QED) is 0.847.